The molecule has 0 atom stereocenters. The van der Waals surface area contributed by atoms with Crippen LogP contribution in [0.15, 0.2) is 53.2 Å². The summed E-state index contributed by atoms with van der Waals surface area (Å²) < 4.78 is 5.09. The standard InChI is InChI=1S/C29H32O2S/c1-6-31-27(30)21-10-7-20(8-11-21)9-12-22-17-25-26(18-24(22)23-13-16-32-19-23)29(4,5)15-14-28(25,2)3/h7-13,16-19H,6,14-15H2,1-5H3/b12-9+. The van der Waals surface area contributed by atoms with Crippen LogP contribution in [0.4, 0.5) is 0 Å². The number of hydrogen-bond donors (Lipinski definition) is 0. The molecule has 1 aliphatic rings. The van der Waals surface area contributed by atoms with Gasteiger partial charge in [0.2, 0.25) is 0 Å². The van der Waals surface area contributed by atoms with E-state index in [1.165, 1.54) is 40.7 Å². The van der Waals surface area contributed by atoms with Crippen LogP contribution in [0.5, 0.6) is 0 Å². The van der Waals surface area contributed by atoms with Gasteiger partial charge in [0.25, 0.3) is 0 Å². The molecule has 0 N–H and O–H groups in total. The van der Waals surface area contributed by atoms with Crippen molar-refractivity contribution in [2.45, 2.75) is 58.3 Å². The van der Waals surface area contributed by atoms with Crippen LogP contribution in [0.25, 0.3) is 23.3 Å². The Morgan fingerprint density at radius 1 is 0.969 bits per heavy atom. The average molecular weight is 445 g/mol. The molecule has 0 bridgehead atoms. The summed E-state index contributed by atoms with van der Waals surface area (Å²) >= 11 is 1.74. The summed E-state index contributed by atoms with van der Waals surface area (Å²) in [4.78, 5) is 11.9. The lowest BCUT2D eigenvalue weighted by molar-refractivity contribution is 0.0526. The number of hydrogen-bond acceptors (Lipinski definition) is 3. The quantitative estimate of drug-likeness (QED) is 0.293. The second-order valence-corrected chi connectivity index (χ2v) is 10.7. The largest absolute Gasteiger partial charge is 0.462 e. The number of rotatable bonds is 5. The van der Waals surface area contributed by atoms with Crippen molar-refractivity contribution >= 4 is 29.5 Å². The van der Waals surface area contributed by atoms with Crippen LogP contribution >= 0.6 is 11.3 Å². The van der Waals surface area contributed by atoms with Crippen LogP contribution in [0.2, 0.25) is 0 Å². The third kappa shape index (κ3) is 4.45. The zero-order chi connectivity index (χ0) is 22.9. The van der Waals surface area contributed by atoms with E-state index in [4.69, 9.17) is 4.74 Å². The van der Waals surface area contributed by atoms with Crippen LogP contribution in [0, 0.1) is 0 Å². The number of carbonyl (C=O) groups is 1. The summed E-state index contributed by atoms with van der Waals surface area (Å²) in [7, 11) is 0. The molecular weight excluding hydrogens is 412 g/mol. The van der Waals surface area contributed by atoms with E-state index >= 15 is 0 Å². The summed E-state index contributed by atoms with van der Waals surface area (Å²) in [5.74, 6) is -0.276. The van der Waals surface area contributed by atoms with Crippen LogP contribution in [0.3, 0.4) is 0 Å². The highest BCUT2D eigenvalue weighted by molar-refractivity contribution is 7.08. The number of benzene rings is 2. The molecule has 1 aliphatic carbocycles. The van der Waals surface area contributed by atoms with Crippen LogP contribution in [0.1, 0.15) is 80.1 Å². The van der Waals surface area contributed by atoms with Gasteiger partial charge in [0.1, 0.15) is 0 Å². The topological polar surface area (TPSA) is 26.3 Å². The van der Waals surface area contributed by atoms with E-state index in [-0.39, 0.29) is 16.8 Å². The third-order valence-electron chi connectivity index (χ3n) is 6.73. The lowest BCUT2D eigenvalue weighted by atomic mass is 9.62. The lowest BCUT2D eigenvalue weighted by Crippen LogP contribution is -2.34. The smallest absolute Gasteiger partial charge is 0.338 e. The van der Waals surface area contributed by atoms with E-state index in [1.54, 1.807) is 11.3 Å². The number of thiophene rings is 1. The summed E-state index contributed by atoms with van der Waals surface area (Å²) in [6, 6.07) is 14.6. The number of esters is 1. The van der Waals surface area contributed by atoms with Crippen LogP contribution in [-0.2, 0) is 15.6 Å². The first-order valence-electron chi connectivity index (χ1n) is 11.4. The van der Waals surface area contributed by atoms with Crippen molar-refractivity contribution in [1.82, 2.24) is 0 Å². The second kappa shape index (κ2) is 8.71. The van der Waals surface area contributed by atoms with E-state index in [1.807, 2.05) is 31.2 Å². The van der Waals surface area contributed by atoms with Gasteiger partial charge in [-0.2, -0.15) is 11.3 Å². The Kier molecular flexibility index (Phi) is 6.13. The predicted molar refractivity (Wildman–Crippen MR) is 136 cm³/mol. The van der Waals surface area contributed by atoms with Gasteiger partial charge in [-0.05, 0) is 99.0 Å². The zero-order valence-electron chi connectivity index (χ0n) is 19.7. The van der Waals surface area contributed by atoms with Gasteiger partial charge in [-0.3, -0.25) is 0 Å². The van der Waals surface area contributed by atoms with Crippen molar-refractivity contribution in [2.75, 3.05) is 6.61 Å². The van der Waals surface area contributed by atoms with Crippen molar-refractivity contribution in [3.05, 3.63) is 81.0 Å². The predicted octanol–water partition coefficient (Wildman–Crippen LogP) is 8.11. The van der Waals surface area contributed by atoms with Gasteiger partial charge in [0.05, 0.1) is 12.2 Å². The molecule has 3 heteroatoms. The fraction of sp³-hybridized carbons (Fsp3) is 0.345. The minimum Gasteiger partial charge on any atom is -0.462 e. The van der Waals surface area contributed by atoms with Gasteiger partial charge in [0.15, 0.2) is 0 Å². The minimum atomic E-state index is -0.276. The van der Waals surface area contributed by atoms with Crippen molar-refractivity contribution < 1.29 is 9.53 Å². The van der Waals surface area contributed by atoms with Crippen molar-refractivity contribution in [3.8, 4) is 11.1 Å². The normalized spacial score (nSPS) is 16.7. The van der Waals surface area contributed by atoms with Crippen molar-refractivity contribution in [1.29, 1.82) is 0 Å². The van der Waals surface area contributed by atoms with E-state index in [9.17, 15) is 4.79 Å². The first kappa shape index (κ1) is 22.5. The van der Waals surface area contributed by atoms with Crippen LogP contribution in [-0.4, -0.2) is 12.6 Å². The van der Waals surface area contributed by atoms with Crippen LogP contribution < -0.4 is 0 Å². The van der Waals surface area contributed by atoms with Gasteiger partial charge in [-0.25, -0.2) is 4.79 Å². The maximum Gasteiger partial charge on any atom is 0.338 e. The molecule has 4 rings (SSSR count). The molecule has 166 valence electrons. The van der Waals surface area contributed by atoms with Gasteiger partial charge in [-0.1, -0.05) is 58.0 Å². The molecule has 2 aromatic carbocycles. The maximum atomic E-state index is 11.9. The summed E-state index contributed by atoms with van der Waals surface area (Å²) in [5, 5.41) is 4.37. The Bertz CT molecular complexity index is 1130. The Morgan fingerprint density at radius 3 is 2.22 bits per heavy atom. The SMILES string of the molecule is CCOC(=O)c1ccc(/C=C/c2cc3c(cc2-c2ccsc2)C(C)(C)CCC3(C)C)cc1. The first-order chi connectivity index (χ1) is 15.2. The van der Waals surface area contributed by atoms with Gasteiger partial charge >= 0.3 is 5.97 Å². The molecule has 0 spiro atoms. The highest BCUT2D eigenvalue weighted by Gasteiger charge is 2.37. The van der Waals surface area contributed by atoms with Crippen molar-refractivity contribution in [3.63, 3.8) is 0 Å². The summed E-state index contributed by atoms with van der Waals surface area (Å²) in [5.41, 5.74) is 8.73. The molecule has 0 radical (unpaired) electrons. The highest BCUT2D eigenvalue weighted by atomic mass is 32.1. The van der Waals surface area contributed by atoms with E-state index in [0.29, 0.717) is 12.2 Å². The molecule has 0 saturated heterocycles. The Balaban J connectivity index is 1.76. The number of carbonyl (C=O) groups excluding carboxylic acids is 1. The van der Waals surface area contributed by atoms with Gasteiger partial charge in [0, 0.05) is 0 Å². The third-order valence-corrected chi connectivity index (χ3v) is 7.42. The summed E-state index contributed by atoms with van der Waals surface area (Å²) in [6.07, 6.45) is 6.75. The molecule has 1 heterocycles. The van der Waals surface area contributed by atoms with E-state index in [2.05, 4.69) is 68.8 Å². The maximum absolute atomic E-state index is 11.9. The molecule has 3 aromatic rings. The minimum absolute atomic E-state index is 0.169. The van der Waals surface area contributed by atoms with E-state index < -0.39 is 0 Å². The fourth-order valence-electron chi connectivity index (χ4n) is 4.57. The van der Waals surface area contributed by atoms with E-state index in [0.717, 1.165) is 5.56 Å². The molecule has 0 saturated carbocycles. The molecule has 0 aliphatic heterocycles. The fourth-order valence-corrected chi connectivity index (χ4v) is 5.22. The number of fused-ring (bicyclic) bond motifs is 1. The second-order valence-electron chi connectivity index (χ2n) is 9.94. The molecule has 1 aromatic heterocycles. The molecule has 2 nitrogen and oxygen atoms in total. The molecule has 32 heavy (non-hydrogen) atoms. The Morgan fingerprint density at radius 2 is 1.62 bits per heavy atom. The van der Waals surface area contributed by atoms with Gasteiger partial charge in [-0.15, -0.1) is 0 Å². The molecule has 0 unspecified atom stereocenters. The Labute approximate surface area is 196 Å². The Hall–Kier alpha value is -2.65. The average Bonchev–Trinajstić information content (AvgIpc) is 3.30. The molecule has 0 fully saturated rings. The van der Waals surface area contributed by atoms with Gasteiger partial charge < -0.3 is 4.74 Å². The zero-order valence-corrected chi connectivity index (χ0v) is 20.5. The number of ether oxygens (including phenoxy) is 1. The molecule has 0 amide bonds. The lowest BCUT2D eigenvalue weighted by Gasteiger charge is -2.42. The summed E-state index contributed by atoms with van der Waals surface area (Å²) in [6.45, 7) is 11.7. The monoisotopic (exact) mass is 444 g/mol. The first-order valence-corrected chi connectivity index (χ1v) is 12.3. The molecular formula is C29H32O2S. The highest BCUT2D eigenvalue weighted by Crippen LogP contribution is 2.48. The van der Waals surface area contributed by atoms with Crippen molar-refractivity contribution in [2.24, 2.45) is 0 Å².